The first-order valence-corrected chi connectivity index (χ1v) is 11.4. The van der Waals surface area contributed by atoms with E-state index in [-0.39, 0.29) is 22.4 Å². The molecule has 7 heteroatoms. The second-order valence-corrected chi connectivity index (χ2v) is 10.6. The number of sulfone groups is 1. The molecular formula is C16H23NO4S2. The Morgan fingerprint density at radius 2 is 1.74 bits per heavy atom. The highest BCUT2D eigenvalue weighted by atomic mass is 32.2. The van der Waals surface area contributed by atoms with Crippen molar-refractivity contribution in [2.24, 2.45) is 0 Å². The van der Waals surface area contributed by atoms with Gasteiger partial charge in [0.1, 0.15) is 0 Å². The van der Waals surface area contributed by atoms with Gasteiger partial charge in [-0.05, 0) is 43.4 Å². The maximum absolute atomic E-state index is 13.0. The molecule has 0 radical (unpaired) electrons. The molecule has 1 saturated carbocycles. The van der Waals surface area contributed by atoms with E-state index in [2.05, 4.69) is 6.92 Å². The van der Waals surface area contributed by atoms with E-state index < -0.39 is 25.9 Å². The van der Waals surface area contributed by atoms with Crippen molar-refractivity contribution in [3.05, 3.63) is 29.8 Å². The highest BCUT2D eigenvalue weighted by molar-refractivity contribution is 7.92. The molecule has 0 amide bonds. The van der Waals surface area contributed by atoms with Gasteiger partial charge in [-0.2, -0.15) is 4.31 Å². The Kier molecular flexibility index (Phi) is 4.55. The van der Waals surface area contributed by atoms with Crippen LogP contribution in [0, 0.1) is 0 Å². The van der Waals surface area contributed by atoms with E-state index >= 15 is 0 Å². The average Bonchev–Trinajstić information content (AvgIpc) is 3.24. The van der Waals surface area contributed by atoms with Crippen molar-refractivity contribution in [1.82, 2.24) is 4.31 Å². The van der Waals surface area contributed by atoms with Gasteiger partial charge < -0.3 is 0 Å². The molecule has 2 aliphatic rings. The molecule has 0 aromatic heterocycles. The minimum atomic E-state index is -3.63. The van der Waals surface area contributed by atoms with Crippen LogP contribution in [0.1, 0.15) is 38.2 Å². The van der Waals surface area contributed by atoms with E-state index in [9.17, 15) is 16.8 Å². The van der Waals surface area contributed by atoms with Gasteiger partial charge in [0, 0.05) is 12.1 Å². The lowest BCUT2D eigenvalue weighted by Crippen LogP contribution is -2.42. The Morgan fingerprint density at radius 3 is 2.22 bits per heavy atom. The zero-order chi connectivity index (χ0) is 16.7. The minimum Gasteiger partial charge on any atom is -0.229 e. The van der Waals surface area contributed by atoms with Crippen molar-refractivity contribution in [3.8, 4) is 0 Å². The van der Waals surface area contributed by atoms with Crippen molar-refractivity contribution in [1.29, 1.82) is 0 Å². The molecule has 1 atom stereocenters. The quantitative estimate of drug-likeness (QED) is 0.780. The summed E-state index contributed by atoms with van der Waals surface area (Å²) in [4.78, 5) is 0.272. The van der Waals surface area contributed by atoms with Gasteiger partial charge in [-0.25, -0.2) is 16.8 Å². The predicted molar refractivity (Wildman–Crippen MR) is 89.5 cm³/mol. The molecular weight excluding hydrogens is 334 g/mol. The van der Waals surface area contributed by atoms with Gasteiger partial charge in [0.15, 0.2) is 9.84 Å². The zero-order valence-corrected chi connectivity index (χ0v) is 14.9. The first-order chi connectivity index (χ1) is 10.8. The van der Waals surface area contributed by atoms with Crippen molar-refractivity contribution >= 4 is 19.9 Å². The Labute approximate surface area is 138 Å². The van der Waals surface area contributed by atoms with Crippen LogP contribution in [0.15, 0.2) is 29.2 Å². The maximum Gasteiger partial charge on any atom is 0.243 e. The molecule has 0 bridgehead atoms. The zero-order valence-electron chi connectivity index (χ0n) is 13.3. The summed E-state index contributed by atoms with van der Waals surface area (Å²) in [5.41, 5.74) is 1.12. The van der Waals surface area contributed by atoms with Crippen LogP contribution in [-0.2, 0) is 26.3 Å². The Morgan fingerprint density at radius 1 is 1.09 bits per heavy atom. The molecule has 1 aromatic rings. The smallest absolute Gasteiger partial charge is 0.229 e. The van der Waals surface area contributed by atoms with Crippen LogP contribution in [0.5, 0.6) is 0 Å². The fourth-order valence-corrected chi connectivity index (χ4v) is 6.94. The normalized spacial score (nSPS) is 24.2. The summed E-state index contributed by atoms with van der Waals surface area (Å²) in [6.45, 7) is 2.08. The lowest BCUT2D eigenvalue weighted by atomic mass is 10.1. The molecule has 1 aliphatic heterocycles. The summed E-state index contributed by atoms with van der Waals surface area (Å²) < 4.78 is 51.0. The van der Waals surface area contributed by atoms with E-state index in [1.54, 1.807) is 12.1 Å². The number of aryl methyl sites for hydroxylation is 1. The lowest BCUT2D eigenvalue weighted by Gasteiger charge is -2.27. The van der Waals surface area contributed by atoms with E-state index in [1.165, 1.54) is 4.31 Å². The Hall–Kier alpha value is -0.920. The SMILES string of the molecule is CCCc1ccc(S(=O)(=O)N(C2CC2)[C@@H]2CCS(=O)(=O)C2)cc1. The molecule has 23 heavy (non-hydrogen) atoms. The monoisotopic (exact) mass is 357 g/mol. The minimum absolute atomic E-state index is 0.0337. The van der Waals surface area contributed by atoms with Gasteiger partial charge in [0.05, 0.1) is 16.4 Å². The lowest BCUT2D eigenvalue weighted by molar-refractivity contribution is 0.332. The van der Waals surface area contributed by atoms with Crippen LogP contribution in [0.3, 0.4) is 0 Å². The van der Waals surface area contributed by atoms with Crippen molar-refractivity contribution in [2.75, 3.05) is 11.5 Å². The van der Waals surface area contributed by atoms with Crippen LogP contribution in [-0.4, -0.2) is 44.7 Å². The molecule has 1 saturated heterocycles. The predicted octanol–water partition coefficient (Wildman–Crippen LogP) is 1.98. The number of sulfonamides is 1. The fraction of sp³-hybridized carbons (Fsp3) is 0.625. The number of benzene rings is 1. The third kappa shape index (κ3) is 3.61. The second kappa shape index (κ2) is 6.18. The summed E-state index contributed by atoms with van der Waals surface area (Å²) in [6.07, 6.45) is 3.99. The average molecular weight is 357 g/mol. The van der Waals surface area contributed by atoms with Crippen molar-refractivity contribution < 1.29 is 16.8 Å². The van der Waals surface area contributed by atoms with Gasteiger partial charge in [0.2, 0.25) is 10.0 Å². The van der Waals surface area contributed by atoms with E-state index in [1.807, 2.05) is 12.1 Å². The number of nitrogens with zero attached hydrogens (tertiary/aromatic N) is 1. The van der Waals surface area contributed by atoms with Gasteiger partial charge in [-0.3, -0.25) is 0 Å². The molecule has 5 nitrogen and oxygen atoms in total. The van der Waals surface area contributed by atoms with Crippen molar-refractivity contribution in [3.63, 3.8) is 0 Å². The molecule has 1 heterocycles. The molecule has 2 fully saturated rings. The Balaban J connectivity index is 1.89. The van der Waals surface area contributed by atoms with Gasteiger partial charge in [0.25, 0.3) is 0 Å². The topological polar surface area (TPSA) is 71.5 Å². The summed E-state index contributed by atoms with van der Waals surface area (Å²) in [6, 6.07) is 6.57. The molecule has 0 N–H and O–H groups in total. The summed E-state index contributed by atoms with van der Waals surface area (Å²) in [5, 5.41) is 0. The largest absolute Gasteiger partial charge is 0.243 e. The van der Waals surface area contributed by atoms with Crippen molar-refractivity contribution in [2.45, 2.75) is 56.0 Å². The van der Waals surface area contributed by atoms with Crippen LogP contribution >= 0.6 is 0 Å². The first-order valence-electron chi connectivity index (χ1n) is 8.16. The molecule has 3 rings (SSSR count). The summed E-state index contributed by atoms with van der Waals surface area (Å²) in [5.74, 6) is 0.0441. The third-order valence-corrected chi connectivity index (χ3v) is 8.28. The van der Waals surface area contributed by atoms with Gasteiger partial charge >= 0.3 is 0 Å². The fourth-order valence-electron chi connectivity index (χ4n) is 3.23. The number of hydrogen-bond acceptors (Lipinski definition) is 4. The highest BCUT2D eigenvalue weighted by Crippen LogP contribution is 2.36. The summed E-state index contributed by atoms with van der Waals surface area (Å²) >= 11 is 0. The molecule has 0 unspecified atom stereocenters. The molecule has 1 aromatic carbocycles. The second-order valence-electron chi connectivity index (χ2n) is 6.52. The molecule has 0 spiro atoms. The molecule has 1 aliphatic carbocycles. The maximum atomic E-state index is 13.0. The van der Waals surface area contributed by atoms with E-state index in [4.69, 9.17) is 0 Å². The van der Waals surface area contributed by atoms with Crippen LogP contribution in [0.4, 0.5) is 0 Å². The standard InChI is InChI=1S/C16H23NO4S2/c1-2-3-13-4-8-16(9-5-13)23(20,21)17(14-6-7-14)15-10-11-22(18,19)12-15/h4-5,8-9,14-15H,2-3,6-7,10-12H2,1H3/t15-/m1/s1. The van der Waals surface area contributed by atoms with Gasteiger partial charge in [-0.1, -0.05) is 25.5 Å². The highest BCUT2D eigenvalue weighted by Gasteiger charge is 2.46. The number of hydrogen-bond donors (Lipinski definition) is 0. The van der Waals surface area contributed by atoms with Crippen LogP contribution < -0.4 is 0 Å². The number of rotatable bonds is 6. The first kappa shape index (κ1) is 16.9. The van der Waals surface area contributed by atoms with Crippen LogP contribution in [0.2, 0.25) is 0 Å². The van der Waals surface area contributed by atoms with Gasteiger partial charge in [-0.15, -0.1) is 0 Å². The van der Waals surface area contributed by atoms with E-state index in [0.29, 0.717) is 6.42 Å². The summed E-state index contributed by atoms with van der Waals surface area (Å²) in [7, 11) is -6.74. The van der Waals surface area contributed by atoms with Crippen LogP contribution in [0.25, 0.3) is 0 Å². The third-order valence-electron chi connectivity index (χ3n) is 4.51. The Bertz CT molecular complexity index is 765. The van der Waals surface area contributed by atoms with E-state index in [0.717, 1.165) is 31.2 Å². The molecule has 128 valence electrons.